The van der Waals surface area contributed by atoms with Gasteiger partial charge in [-0.3, -0.25) is 14.0 Å². The lowest BCUT2D eigenvalue weighted by molar-refractivity contribution is -0.132. The van der Waals surface area contributed by atoms with Crippen LogP contribution in [0, 0.1) is 0 Å². The zero-order valence-corrected chi connectivity index (χ0v) is 13.8. The number of likely N-dealkylation sites (tertiary alicyclic amines) is 1. The molecule has 1 fully saturated rings. The summed E-state index contributed by atoms with van der Waals surface area (Å²) in [7, 11) is 1.29. The fourth-order valence-electron chi connectivity index (χ4n) is 2.71. The van der Waals surface area contributed by atoms with Crippen LogP contribution in [-0.4, -0.2) is 52.7 Å². The van der Waals surface area contributed by atoms with E-state index in [1.54, 1.807) is 4.90 Å². The van der Waals surface area contributed by atoms with Crippen molar-refractivity contribution in [1.82, 2.24) is 9.27 Å². The Hall–Kier alpha value is -1.87. The first kappa shape index (κ1) is 16.0. The largest absolute Gasteiger partial charge is 0.464 e. The number of rotatable bonds is 2. The lowest BCUT2D eigenvalue weighted by atomic mass is 9.87. The predicted octanol–water partition coefficient (Wildman–Crippen LogP) is 1.01. The molecule has 1 saturated heterocycles. The van der Waals surface area contributed by atoms with Gasteiger partial charge in [0.05, 0.1) is 7.11 Å². The monoisotopic (exact) mass is 359 g/mol. The number of methoxy groups -OCH3 is 1. The molecule has 8 nitrogen and oxygen atoms in total. The van der Waals surface area contributed by atoms with Crippen LogP contribution >= 0.6 is 23.1 Å². The van der Waals surface area contributed by atoms with Crippen LogP contribution < -0.4 is 5.56 Å². The smallest absolute Gasteiger partial charge is 0.355 e. The summed E-state index contributed by atoms with van der Waals surface area (Å²) in [5, 5.41) is 3.73. The summed E-state index contributed by atoms with van der Waals surface area (Å²) in [6.07, 6.45) is 1.46. The zero-order chi connectivity index (χ0) is 16.6. The second kappa shape index (κ2) is 5.97. The van der Waals surface area contributed by atoms with Crippen LogP contribution in [-0.2, 0) is 14.4 Å². The molecule has 3 heterocycles. The number of carbonyl (C=O) groups excluding carboxylic acids is 2. The predicted molar refractivity (Wildman–Crippen MR) is 83.0 cm³/mol. The molecule has 2 aliphatic heterocycles. The lowest BCUT2D eigenvalue weighted by Crippen LogP contribution is -2.47. The van der Waals surface area contributed by atoms with E-state index < -0.39 is 17.1 Å². The molecule has 0 radical (unpaired) electrons. The maximum atomic E-state index is 12.4. The van der Waals surface area contributed by atoms with Gasteiger partial charge in [0.1, 0.15) is 15.5 Å². The van der Waals surface area contributed by atoms with Crippen molar-refractivity contribution in [3.05, 3.63) is 20.3 Å². The molecular formula is C13H14ClN3O5S. The molecule has 1 amide bonds. The number of piperidine rings is 1. The highest BCUT2D eigenvalue weighted by atomic mass is 35.5. The Balaban J connectivity index is 1.63. The van der Waals surface area contributed by atoms with Crippen molar-refractivity contribution >= 4 is 40.7 Å². The summed E-state index contributed by atoms with van der Waals surface area (Å²) in [5.74, 6) is -0.774. The number of carbonyl (C=O) groups is 2. The second-order valence-electron chi connectivity index (χ2n) is 5.45. The number of aromatic nitrogens is 1. The summed E-state index contributed by atoms with van der Waals surface area (Å²) >= 11 is 6.77. The minimum absolute atomic E-state index is 0.0753. The SMILES string of the molecule is COC(=O)C1=NOC2(CCN(C(=O)c3s[nH]c(=O)c3Cl)CC2)C1. The van der Waals surface area contributed by atoms with E-state index >= 15 is 0 Å². The van der Waals surface area contributed by atoms with Crippen molar-refractivity contribution in [1.29, 1.82) is 0 Å². The standard InChI is InChI=1S/C13H14ClN3O5S/c1-21-12(20)7-6-13(22-15-7)2-4-17(5-3-13)11(19)9-8(14)10(18)16-23-9/h2-6H2,1H3,(H,16,18). The number of nitrogens with one attached hydrogen (secondary N) is 1. The quantitative estimate of drug-likeness (QED) is 0.794. The van der Waals surface area contributed by atoms with Crippen molar-refractivity contribution in [2.24, 2.45) is 5.16 Å². The third-order valence-electron chi connectivity index (χ3n) is 4.06. The number of oxime groups is 1. The van der Waals surface area contributed by atoms with Crippen molar-refractivity contribution < 1.29 is 19.2 Å². The number of amides is 1. The van der Waals surface area contributed by atoms with Gasteiger partial charge in [-0.1, -0.05) is 28.3 Å². The number of ether oxygens (including phenoxy) is 1. The molecule has 0 bridgehead atoms. The third kappa shape index (κ3) is 2.86. The second-order valence-corrected chi connectivity index (χ2v) is 6.64. The van der Waals surface area contributed by atoms with Crippen LogP contribution in [0.5, 0.6) is 0 Å². The van der Waals surface area contributed by atoms with E-state index in [2.05, 4.69) is 14.3 Å². The van der Waals surface area contributed by atoms with E-state index in [1.807, 2.05) is 0 Å². The number of esters is 1. The van der Waals surface area contributed by atoms with Gasteiger partial charge in [0.2, 0.25) is 0 Å². The Kier molecular flexibility index (Phi) is 4.15. The molecule has 3 rings (SSSR count). The molecule has 0 unspecified atom stereocenters. The van der Waals surface area contributed by atoms with Crippen LogP contribution in [0.15, 0.2) is 9.95 Å². The van der Waals surface area contributed by atoms with Gasteiger partial charge in [-0.2, -0.15) is 0 Å². The maximum absolute atomic E-state index is 12.4. The van der Waals surface area contributed by atoms with Gasteiger partial charge in [0, 0.05) is 32.4 Å². The summed E-state index contributed by atoms with van der Waals surface area (Å²) in [6.45, 7) is 0.871. The lowest BCUT2D eigenvalue weighted by Gasteiger charge is -2.36. The van der Waals surface area contributed by atoms with E-state index in [9.17, 15) is 14.4 Å². The Bertz CT molecular complexity index is 732. The summed E-state index contributed by atoms with van der Waals surface area (Å²) in [6, 6.07) is 0. The van der Waals surface area contributed by atoms with E-state index in [-0.39, 0.29) is 21.5 Å². The van der Waals surface area contributed by atoms with E-state index in [1.165, 1.54) is 7.11 Å². The number of hydrogen-bond donors (Lipinski definition) is 1. The molecule has 1 aromatic rings. The highest BCUT2D eigenvalue weighted by Gasteiger charge is 2.45. The minimum atomic E-state index is -0.560. The summed E-state index contributed by atoms with van der Waals surface area (Å²) in [5.41, 5.74) is -0.752. The van der Waals surface area contributed by atoms with E-state index in [0.29, 0.717) is 32.4 Å². The van der Waals surface area contributed by atoms with E-state index in [4.69, 9.17) is 16.4 Å². The third-order valence-corrected chi connectivity index (χ3v) is 5.40. The van der Waals surface area contributed by atoms with Crippen molar-refractivity contribution in [3.63, 3.8) is 0 Å². The van der Waals surface area contributed by atoms with Crippen LogP contribution in [0.4, 0.5) is 0 Å². The zero-order valence-electron chi connectivity index (χ0n) is 12.3. The maximum Gasteiger partial charge on any atom is 0.355 e. The fourth-order valence-corrected chi connectivity index (χ4v) is 3.70. The van der Waals surface area contributed by atoms with Gasteiger partial charge in [-0.25, -0.2) is 4.79 Å². The topological polar surface area (TPSA) is 101 Å². The Morgan fingerprint density at radius 3 is 2.70 bits per heavy atom. The van der Waals surface area contributed by atoms with Crippen LogP contribution in [0.25, 0.3) is 0 Å². The molecule has 1 aromatic heterocycles. The Morgan fingerprint density at radius 1 is 1.43 bits per heavy atom. The highest BCUT2D eigenvalue weighted by molar-refractivity contribution is 7.08. The number of aromatic amines is 1. The average Bonchev–Trinajstić information content (AvgIpc) is 3.12. The Morgan fingerprint density at radius 2 is 2.13 bits per heavy atom. The van der Waals surface area contributed by atoms with Crippen molar-refractivity contribution in [2.75, 3.05) is 20.2 Å². The van der Waals surface area contributed by atoms with Gasteiger partial charge in [0.15, 0.2) is 5.71 Å². The van der Waals surface area contributed by atoms with Crippen LogP contribution in [0.2, 0.25) is 5.02 Å². The fraction of sp³-hybridized carbons (Fsp3) is 0.538. The molecular weight excluding hydrogens is 346 g/mol. The van der Waals surface area contributed by atoms with Crippen LogP contribution in [0.3, 0.4) is 0 Å². The minimum Gasteiger partial charge on any atom is -0.464 e. The van der Waals surface area contributed by atoms with Gasteiger partial charge in [-0.05, 0) is 0 Å². The van der Waals surface area contributed by atoms with Gasteiger partial charge >= 0.3 is 5.97 Å². The molecule has 0 aromatic carbocycles. The molecule has 0 atom stereocenters. The molecule has 124 valence electrons. The molecule has 1 N–H and O–H groups in total. The molecule has 0 saturated carbocycles. The van der Waals surface area contributed by atoms with Crippen LogP contribution in [0.1, 0.15) is 28.9 Å². The Labute approximate surface area is 140 Å². The van der Waals surface area contributed by atoms with Gasteiger partial charge in [0.25, 0.3) is 11.5 Å². The normalized spacial score (nSPS) is 19.4. The van der Waals surface area contributed by atoms with Crippen molar-refractivity contribution in [2.45, 2.75) is 24.9 Å². The first-order chi connectivity index (χ1) is 11.0. The first-order valence-corrected chi connectivity index (χ1v) is 8.15. The number of nitrogens with zero attached hydrogens (tertiary/aromatic N) is 2. The molecule has 23 heavy (non-hydrogen) atoms. The van der Waals surface area contributed by atoms with Gasteiger partial charge < -0.3 is 14.5 Å². The molecule has 10 heteroatoms. The van der Waals surface area contributed by atoms with E-state index in [0.717, 1.165) is 11.5 Å². The van der Waals surface area contributed by atoms with Gasteiger partial charge in [-0.15, -0.1) is 0 Å². The first-order valence-electron chi connectivity index (χ1n) is 6.95. The summed E-state index contributed by atoms with van der Waals surface area (Å²) < 4.78 is 7.08. The average molecular weight is 360 g/mol. The van der Waals surface area contributed by atoms with Crippen molar-refractivity contribution in [3.8, 4) is 0 Å². The molecule has 0 aliphatic carbocycles. The highest BCUT2D eigenvalue weighted by Crippen LogP contribution is 2.35. The molecule has 1 spiro atoms. The number of halogens is 1. The summed E-state index contributed by atoms with van der Waals surface area (Å²) in [4.78, 5) is 42.5. The molecule has 2 aliphatic rings. The number of hydrogen-bond acceptors (Lipinski definition) is 7. The number of H-pyrrole nitrogens is 1.